The fourth-order valence-electron chi connectivity index (χ4n) is 4.34. The third-order valence-electron chi connectivity index (χ3n) is 6.49. The van der Waals surface area contributed by atoms with Crippen LogP contribution in [0.5, 0.6) is 5.75 Å². The van der Waals surface area contributed by atoms with Crippen molar-refractivity contribution in [1.82, 2.24) is 35.0 Å². The Hall–Kier alpha value is -4.52. The minimum absolute atomic E-state index is 0.0239. The number of anilines is 1. The molecule has 3 N–H and O–H groups in total. The Labute approximate surface area is 218 Å². The summed E-state index contributed by atoms with van der Waals surface area (Å²) in [6.45, 7) is 4.51. The molecule has 2 aliphatic rings. The zero-order valence-corrected chi connectivity index (χ0v) is 21.1. The Morgan fingerprint density at radius 2 is 1.89 bits per heavy atom. The van der Waals surface area contributed by atoms with E-state index in [9.17, 15) is 19.2 Å². The van der Waals surface area contributed by atoms with Crippen LogP contribution in [0.1, 0.15) is 33.5 Å². The van der Waals surface area contributed by atoms with E-state index in [1.807, 2.05) is 7.05 Å². The van der Waals surface area contributed by atoms with Crippen LogP contribution in [0, 0.1) is 0 Å². The summed E-state index contributed by atoms with van der Waals surface area (Å²) in [5, 5.41) is 12.4. The molecule has 13 heteroatoms. The summed E-state index contributed by atoms with van der Waals surface area (Å²) in [5.41, 5.74) is 1.69. The van der Waals surface area contributed by atoms with E-state index in [0.29, 0.717) is 30.2 Å². The number of rotatable bonds is 6. The van der Waals surface area contributed by atoms with Gasteiger partial charge >= 0.3 is 0 Å². The van der Waals surface area contributed by atoms with Gasteiger partial charge in [0, 0.05) is 44.9 Å². The molecule has 198 valence electrons. The van der Waals surface area contributed by atoms with Crippen LogP contribution in [-0.2, 0) is 16.1 Å². The summed E-state index contributed by atoms with van der Waals surface area (Å²) >= 11 is 0. The molecule has 0 aliphatic carbocycles. The van der Waals surface area contributed by atoms with Crippen LogP contribution in [0.15, 0.2) is 36.5 Å². The predicted octanol–water partition coefficient (Wildman–Crippen LogP) is -0.117. The molecule has 0 unspecified atom stereocenters. The van der Waals surface area contributed by atoms with Crippen molar-refractivity contribution in [2.45, 2.75) is 19.5 Å². The number of hydrogen-bond donors (Lipinski definition) is 3. The van der Waals surface area contributed by atoms with Crippen molar-refractivity contribution in [2.24, 2.45) is 0 Å². The Morgan fingerprint density at radius 1 is 1.11 bits per heavy atom. The lowest BCUT2D eigenvalue weighted by Gasteiger charge is -2.34. The molecule has 3 aromatic rings. The Balaban J connectivity index is 1.28. The van der Waals surface area contributed by atoms with Crippen LogP contribution in [0.3, 0.4) is 0 Å². The van der Waals surface area contributed by atoms with Crippen LogP contribution < -0.4 is 20.7 Å². The first-order valence-corrected chi connectivity index (χ1v) is 12.3. The largest absolute Gasteiger partial charge is 0.482 e. The van der Waals surface area contributed by atoms with E-state index in [2.05, 4.69) is 30.9 Å². The standard InChI is InChI=1S/C25H28N8O5/c1-15(25(37)32-9-7-31(2)8-10-32)28-24(36)19-12-18(29-21-5-6-27-33(19)21)23(35)26-13-16-3-4-20-17(11-16)30-22(34)14-38-20/h3-6,11-12,15H,7-10,13-14H2,1-2H3,(H,26,35)(H,28,36)(H,30,34)/t15-/m0/s1. The van der Waals surface area contributed by atoms with Gasteiger partial charge < -0.3 is 30.5 Å². The molecule has 0 bridgehead atoms. The highest BCUT2D eigenvalue weighted by atomic mass is 16.5. The fraction of sp³-hybridized carbons (Fsp3) is 0.360. The highest BCUT2D eigenvalue weighted by Crippen LogP contribution is 2.28. The zero-order chi connectivity index (χ0) is 26.8. The van der Waals surface area contributed by atoms with Gasteiger partial charge in [-0.1, -0.05) is 6.07 Å². The first kappa shape index (κ1) is 25.1. The third-order valence-corrected chi connectivity index (χ3v) is 6.49. The molecule has 0 spiro atoms. The predicted molar refractivity (Wildman–Crippen MR) is 136 cm³/mol. The number of nitrogens with one attached hydrogen (secondary N) is 3. The van der Waals surface area contributed by atoms with Gasteiger partial charge in [-0.05, 0) is 31.7 Å². The maximum absolute atomic E-state index is 13.2. The molecule has 1 fully saturated rings. The molecule has 1 atom stereocenters. The lowest BCUT2D eigenvalue weighted by Crippen LogP contribution is -2.53. The quantitative estimate of drug-likeness (QED) is 0.407. The van der Waals surface area contributed by atoms with Crippen molar-refractivity contribution in [3.05, 3.63) is 53.5 Å². The zero-order valence-electron chi connectivity index (χ0n) is 21.1. The van der Waals surface area contributed by atoms with Crippen molar-refractivity contribution in [3.8, 4) is 5.75 Å². The molecule has 0 saturated carbocycles. The number of likely N-dealkylation sites (N-methyl/N-ethyl adjacent to an activating group) is 1. The molecule has 0 radical (unpaired) electrons. The van der Waals surface area contributed by atoms with E-state index in [4.69, 9.17) is 4.74 Å². The van der Waals surface area contributed by atoms with E-state index in [0.717, 1.165) is 18.7 Å². The van der Waals surface area contributed by atoms with Gasteiger partial charge in [0.15, 0.2) is 12.3 Å². The molecule has 13 nitrogen and oxygen atoms in total. The summed E-state index contributed by atoms with van der Waals surface area (Å²) in [6.07, 6.45) is 1.48. The summed E-state index contributed by atoms with van der Waals surface area (Å²) < 4.78 is 6.68. The van der Waals surface area contributed by atoms with Gasteiger partial charge in [0.2, 0.25) is 5.91 Å². The maximum Gasteiger partial charge on any atom is 0.270 e. The van der Waals surface area contributed by atoms with Crippen molar-refractivity contribution in [2.75, 3.05) is 45.2 Å². The molecule has 2 aromatic heterocycles. The number of amides is 4. The summed E-state index contributed by atoms with van der Waals surface area (Å²) in [4.78, 5) is 58.8. The number of piperazine rings is 1. The van der Waals surface area contributed by atoms with Crippen molar-refractivity contribution in [3.63, 3.8) is 0 Å². The average molecular weight is 521 g/mol. The van der Waals surface area contributed by atoms with E-state index < -0.39 is 17.9 Å². The highest BCUT2D eigenvalue weighted by molar-refractivity contribution is 6.00. The first-order valence-electron chi connectivity index (χ1n) is 12.3. The lowest BCUT2D eigenvalue weighted by atomic mass is 10.1. The van der Waals surface area contributed by atoms with E-state index in [-0.39, 0.29) is 36.4 Å². The van der Waals surface area contributed by atoms with Crippen LogP contribution in [0.25, 0.3) is 5.65 Å². The molecule has 1 saturated heterocycles. The second kappa shape index (κ2) is 10.5. The lowest BCUT2D eigenvalue weighted by molar-refractivity contribution is -0.134. The molecule has 38 heavy (non-hydrogen) atoms. The molecule has 5 rings (SSSR count). The highest BCUT2D eigenvalue weighted by Gasteiger charge is 2.26. The molecule has 2 aliphatic heterocycles. The normalized spacial score (nSPS) is 16.3. The number of benzene rings is 1. The molecule has 4 heterocycles. The van der Waals surface area contributed by atoms with Crippen molar-refractivity contribution in [1.29, 1.82) is 0 Å². The van der Waals surface area contributed by atoms with Gasteiger partial charge in [0.25, 0.3) is 17.7 Å². The first-order chi connectivity index (χ1) is 18.3. The Kier molecular flexibility index (Phi) is 6.92. The van der Waals surface area contributed by atoms with Crippen molar-refractivity contribution < 1.29 is 23.9 Å². The number of carbonyl (C=O) groups excluding carboxylic acids is 4. The van der Waals surface area contributed by atoms with Crippen LogP contribution in [-0.4, -0.2) is 93.9 Å². The number of fused-ring (bicyclic) bond motifs is 2. The second-order valence-corrected chi connectivity index (χ2v) is 9.30. The smallest absolute Gasteiger partial charge is 0.270 e. The Morgan fingerprint density at radius 3 is 2.68 bits per heavy atom. The summed E-state index contributed by atoms with van der Waals surface area (Å²) in [6, 6.07) is 7.40. The average Bonchev–Trinajstić information content (AvgIpc) is 3.39. The summed E-state index contributed by atoms with van der Waals surface area (Å²) in [7, 11) is 2.00. The van der Waals surface area contributed by atoms with Crippen LogP contribution in [0.2, 0.25) is 0 Å². The monoisotopic (exact) mass is 520 g/mol. The molecular weight excluding hydrogens is 492 g/mol. The van der Waals surface area contributed by atoms with Gasteiger partial charge in [-0.15, -0.1) is 0 Å². The molecule has 4 amide bonds. The fourth-order valence-corrected chi connectivity index (χ4v) is 4.34. The van der Waals surface area contributed by atoms with E-state index in [1.54, 1.807) is 36.1 Å². The maximum atomic E-state index is 13.2. The van der Waals surface area contributed by atoms with Gasteiger partial charge in [0.1, 0.15) is 23.2 Å². The minimum atomic E-state index is -0.754. The van der Waals surface area contributed by atoms with Crippen molar-refractivity contribution >= 4 is 35.0 Å². The molecular formula is C25H28N8O5. The number of hydrogen-bond acceptors (Lipinski definition) is 8. The van der Waals surface area contributed by atoms with Gasteiger partial charge in [0.05, 0.1) is 11.9 Å². The van der Waals surface area contributed by atoms with Gasteiger partial charge in [-0.3, -0.25) is 19.2 Å². The number of ether oxygens (including phenoxy) is 1. The Bertz CT molecular complexity index is 1410. The number of carbonyl (C=O) groups is 4. The van der Waals surface area contributed by atoms with E-state index >= 15 is 0 Å². The van der Waals surface area contributed by atoms with Gasteiger partial charge in [-0.25, -0.2) is 9.50 Å². The number of aromatic nitrogens is 3. The SMILES string of the molecule is C[C@H](NC(=O)c1cc(C(=O)NCc2ccc3c(c2)NC(=O)CO3)nc2ccnn12)C(=O)N1CCN(C)CC1. The number of nitrogens with zero attached hydrogens (tertiary/aromatic N) is 5. The topological polar surface area (TPSA) is 150 Å². The summed E-state index contributed by atoms with van der Waals surface area (Å²) in [5.74, 6) is -0.898. The third kappa shape index (κ3) is 5.27. The minimum Gasteiger partial charge on any atom is -0.482 e. The molecule has 1 aromatic carbocycles. The van der Waals surface area contributed by atoms with E-state index in [1.165, 1.54) is 16.8 Å². The van der Waals surface area contributed by atoms with Gasteiger partial charge in [-0.2, -0.15) is 5.10 Å². The van der Waals surface area contributed by atoms with Crippen LogP contribution >= 0.6 is 0 Å². The second-order valence-electron chi connectivity index (χ2n) is 9.30. The van der Waals surface area contributed by atoms with Crippen LogP contribution in [0.4, 0.5) is 5.69 Å².